The summed E-state index contributed by atoms with van der Waals surface area (Å²) in [5.74, 6) is -0.132. The number of nitrogens with two attached hydrogens (primary N) is 1. The summed E-state index contributed by atoms with van der Waals surface area (Å²) in [4.78, 5) is 17.4. The molecule has 1 amide bonds. The van der Waals surface area contributed by atoms with E-state index in [1.807, 2.05) is 0 Å². The SMILES string of the molecule is CN(CC/C(N)=N/O)C(=O)c1ncccc1Br. The monoisotopic (exact) mass is 300 g/mol. The van der Waals surface area contributed by atoms with Crippen molar-refractivity contribution in [3.05, 3.63) is 28.5 Å². The van der Waals surface area contributed by atoms with Crippen LogP contribution in [0.5, 0.6) is 0 Å². The fraction of sp³-hybridized carbons (Fsp3) is 0.300. The van der Waals surface area contributed by atoms with Gasteiger partial charge >= 0.3 is 0 Å². The molecule has 0 saturated carbocycles. The molecule has 6 nitrogen and oxygen atoms in total. The molecule has 0 fully saturated rings. The molecule has 0 aliphatic heterocycles. The Hall–Kier alpha value is -1.63. The highest BCUT2D eigenvalue weighted by Crippen LogP contribution is 2.14. The number of amides is 1. The molecular formula is C10H13BrN4O2. The van der Waals surface area contributed by atoms with Gasteiger partial charge in [-0.15, -0.1) is 0 Å². The highest BCUT2D eigenvalue weighted by atomic mass is 79.9. The smallest absolute Gasteiger partial charge is 0.273 e. The minimum atomic E-state index is -0.219. The van der Waals surface area contributed by atoms with E-state index < -0.39 is 0 Å². The number of rotatable bonds is 4. The Morgan fingerprint density at radius 1 is 1.71 bits per heavy atom. The molecule has 7 heteroatoms. The summed E-state index contributed by atoms with van der Waals surface area (Å²) in [6.45, 7) is 0.359. The predicted molar refractivity (Wildman–Crippen MR) is 66.9 cm³/mol. The van der Waals surface area contributed by atoms with E-state index >= 15 is 0 Å². The number of hydrogen-bond donors (Lipinski definition) is 2. The molecule has 0 saturated heterocycles. The fourth-order valence-electron chi connectivity index (χ4n) is 1.16. The molecule has 1 aromatic heterocycles. The van der Waals surface area contributed by atoms with Crippen LogP contribution < -0.4 is 5.73 Å². The molecular weight excluding hydrogens is 288 g/mol. The van der Waals surface area contributed by atoms with Gasteiger partial charge in [0.2, 0.25) is 0 Å². The van der Waals surface area contributed by atoms with Crippen LogP contribution in [0.1, 0.15) is 16.9 Å². The Morgan fingerprint density at radius 2 is 2.41 bits per heavy atom. The maximum absolute atomic E-state index is 12.0. The summed E-state index contributed by atoms with van der Waals surface area (Å²) in [6, 6.07) is 3.48. The summed E-state index contributed by atoms with van der Waals surface area (Å²) in [5, 5.41) is 11.2. The number of pyridine rings is 1. The van der Waals surface area contributed by atoms with Gasteiger partial charge in [-0.05, 0) is 28.1 Å². The van der Waals surface area contributed by atoms with Gasteiger partial charge in [0.05, 0.1) is 0 Å². The van der Waals surface area contributed by atoms with E-state index in [0.29, 0.717) is 23.1 Å². The number of carbonyl (C=O) groups excluding carboxylic acids is 1. The van der Waals surface area contributed by atoms with Crippen molar-refractivity contribution in [1.82, 2.24) is 9.88 Å². The molecule has 0 unspecified atom stereocenters. The van der Waals surface area contributed by atoms with Crippen molar-refractivity contribution in [2.75, 3.05) is 13.6 Å². The Labute approximate surface area is 107 Å². The van der Waals surface area contributed by atoms with Gasteiger partial charge in [-0.25, -0.2) is 4.98 Å². The average Bonchev–Trinajstić information content (AvgIpc) is 2.35. The van der Waals surface area contributed by atoms with E-state index in [4.69, 9.17) is 10.9 Å². The first-order chi connectivity index (χ1) is 8.06. The summed E-state index contributed by atoms with van der Waals surface area (Å²) in [7, 11) is 1.63. The van der Waals surface area contributed by atoms with Crippen molar-refractivity contribution in [3.8, 4) is 0 Å². The molecule has 0 aliphatic rings. The van der Waals surface area contributed by atoms with E-state index in [9.17, 15) is 4.79 Å². The van der Waals surface area contributed by atoms with Crippen LogP contribution in [-0.4, -0.2) is 40.4 Å². The van der Waals surface area contributed by atoms with E-state index in [0.717, 1.165) is 0 Å². The van der Waals surface area contributed by atoms with Crippen molar-refractivity contribution < 1.29 is 10.0 Å². The molecule has 0 radical (unpaired) electrons. The zero-order valence-corrected chi connectivity index (χ0v) is 10.9. The molecule has 0 bridgehead atoms. The van der Waals surface area contributed by atoms with E-state index in [2.05, 4.69) is 26.1 Å². The second-order valence-electron chi connectivity index (χ2n) is 3.40. The van der Waals surface area contributed by atoms with Gasteiger partial charge in [-0.2, -0.15) is 0 Å². The topological polar surface area (TPSA) is 91.8 Å². The minimum Gasteiger partial charge on any atom is -0.409 e. The van der Waals surface area contributed by atoms with Gasteiger partial charge < -0.3 is 15.8 Å². The largest absolute Gasteiger partial charge is 0.409 e. The maximum atomic E-state index is 12.0. The second-order valence-corrected chi connectivity index (χ2v) is 4.26. The lowest BCUT2D eigenvalue weighted by molar-refractivity contribution is 0.0791. The first kappa shape index (κ1) is 13.4. The van der Waals surface area contributed by atoms with Crippen LogP contribution in [0, 0.1) is 0 Å². The lowest BCUT2D eigenvalue weighted by Crippen LogP contribution is -2.31. The van der Waals surface area contributed by atoms with Crippen molar-refractivity contribution in [2.24, 2.45) is 10.9 Å². The molecule has 0 aromatic carbocycles. The Morgan fingerprint density at radius 3 is 3.00 bits per heavy atom. The Kier molecular flexibility index (Phi) is 4.89. The van der Waals surface area contributed by atoms with E-state index in [-0.39, 0.29) is 11.7 Å². The standard InChI is InChI=1S/C10H13BrN4O2/c1-15(6-4-8(12)14-17)10(16)9-7(11)3-2-5-13-9/h2-3,5,17H,4,6H2,1H3,(H2,12,14). The molecule has 0 spiro atoms. The molecule has 1 aromatic rings. The predicted octanol–water partition coefficient (Wildman–Crippen LogP) is 1.05. The number of aromatic nitrogens is 1. The zero-order valence-electron chi connectivity index (χ0n) is 9.30. The van der Waals surface area contributed by atoms with Gasteiger partial charge in [-0.1, -0.05) is 5.16 Å². The number of oxime groups is 1. The van der Waals surface area contributed by atoms with Crippen LogP contribution >= 0.6 is 15.9 Å². The van der Waals surface area contributed by atoms with Gasteiger partial charge in [0.25, 0.3) is 5.91 Å². The highest BCUT2D eigenvalue weighted by molar-refractivity contribution is 9.10. The van der Waals surface area contributed by atoms with Crippen molar-refractivity contribution >= 4 is 27.7 Å². The third kappa shape index (κ3) is 3.70. The second kappa shape index (κ2) is 6.19. The van der Waals surface area contributed by atoms with Gasteiger partial charge in [0, 0.05) is 30.7 Å². The van der Waals surface area contributed by atoms with Crippen LogP contribution in [0.25, 0.3) is 0 Å². The molecule has 1 heterocycles. The molecule has 0 aliphatic carbocycles. The van der Waals surface area contributed by atoms with Gasteiger partial charge in [0.15, 0.2) is 0 Å². The number of hydrogen-bond acceptors (Lipinski definition) is 4. The molecule has 92 valence electrons. The van der Waals surface area contributed by atoms with Crippen molar-refractivity contribution in [2.45, 2.75) is 6.42 Å². The number of nitrogens with zero attached hydrogens (tertiary/aromatic N) is 3. The highest BCUT2D eigenvalue weighted by Gasteiger charge is 2.15. The van der Waals surface area contributed by atoms with Gasteiger partial charge in [0.1, 0.15) is 11.5 Å². The minimum absolute atomic E-state index is 0.0877. The van der Waals surface area contributed by atoms with Crippen LogP contribution in [0.2, 0.25) is 0 Å². The number of carbonyl (C=O) groups is 1. The van der Waals surface area contributed by atoms with Crippen LogP contribution in [0.4, 0.5) is 0 Å². The zero-order chi connectivity index (χ0) is 12.8. The average molecular weight is 301 g/mol. The van der Waals surface area contributed by atoms with E-state index in [1.165, 1.54) is 4.90 Å². The van der Waals surface area contributed by atoms with Crippen LogP contribution in [0.15, 0.2) is 28.0 Å². The molecule has 3 N–H and O–H groups in total. The Balaban J connectivity index is 2.68. The van der Waals surface area contributed by atoms with E-state index in [1.54, 1.807) is 25.4 Å². The lowest BCUT2D eigenvalue weighted by Gasteiger charge is -2.16. The quantitative estimate of drug-likeness (QED) is 0.376. The van der Waals surface area contributed by atoms with Crippen LogP contribution in [0.3, 0.4) is 0 Å². The third-order valence-electron chi connectivity index (χ3n) is 2.14. The summed E-state index contributed by atoms with van der Waals surface area (Å²) < 4.78 is 0.639. The first-order valence-corrected chi connectivity index (χ1v) is 5.68. The lowest BCUT2D eigenvalue weighted by atomic mass is 10.3. The molecule has 17 heavy (non-hydrogen) atoms. The van der Waals surface area contributed by atoms with Gasteiger partial charge in [-0.3, -0.25) is 4.79 Å². The number of amidine groups is 1. The maximum Gasteiger partial charge on any atom is 0.273 e. The summed E-state index contributed by atoms with van der Waals surface area (Å²) in [6.07, 6.45) is 1.86. The fourth-order valence-corrected chi connectivity index (χ4v) is 1.58. The van der Waals surface area contributed by atoms with Crippen LogP contribution in [-0.2, 0) is 0 Å². The van der Waals surface area contributed by atoms with Crippen molar-refractivity contribution in [3.63, 3.8) is 0 Å². The Bertz CT molecular complexity index is 436. The summed E-state index contributed by atoms with van der Waals surface area (Å²) in [5.41, 5.74) is 5.67. The molecule has 0 atom stereocenters. The third-order valence-corrected chi connectivity index (χ3v) is 2.78. The first-order valence-electron chi connectivity index (χ1n) is 4.88. The summed E-state index contributed by atoms with van der Waals surface area (Å²) >= 11 is 3.26. The normalized spacial score (nSPS) is 11.3. The molecule has 1 rings (SSSR count). The number of halogens is 1. The van der Waals surface area contributed by atoms with Crippen molar-refractivity contribution in [1.29, 1.82) is 0 Å².